The number of anilines is 1. The number of hydrogen-bond donors (Lipinski definition) is 1. The first-order valence-electron chi connectivity index (χ1n) is 11.7. The van der Waals surface area contributed by atoms with Crippen molar-refractivity contribution in [1.29, 1.82) is 0 Å². The molecule has 1 aromatic carbocycles. The maximum Gasteiger partial charge on any atom is 0.408 e. The molecule has 0 bridgehead atoms. The quantitative estimate of drug-likeness (QED) is 0.664. The molecule has 3 rings (SSSR count). The lowest BCUT2D eigenvalue weighted by molar-refractivity contribution is -0.134. The molecule has 1 aromatic heterocycles. The van der Waals surface area contributed by atoms with E-state index in [0.29, 0.717) is 50.1 Å². The number of hydrogen-bond acceptors (Lipinski definition) is 7. The summed E-state index contributed by atoms with van der Waals surface area (Å²) in [4.78, 5) is 38.3. The number of carbonyl (C=O) groups excluding carboxylic acids is 2. The van der Waals surface area contributed by atoms with Crippen molar-refractivity contribution in [3.8, 4) is 5.88 Å². The summed E-state index contributed by atoms with van der Waals surface area (Å²) in [6, 6.07) is 10.2. The van der Waals surface area contributed by atoms with E-state index in [4.69, 9.17) is 9.47 Å². The molecule has 1 aliphatic heterocycles. The van der Waals surface area contributed by atoms with E-state index < -0.39 is 17.7 Å². The van der Waals surface area contributed by atoms with Crippen LogP contribution in [-0.4, -0.2) is 65.3 Å². The van der Waals surface area contributed by atoms with Gasteiger partial charge in [-0.05, 0) is 32.3 Å². The number of alkyl carbamates (subject to hydrolysis) is 1. The first-order valence-corrected chi connectivity index (χ1v) is 11.7. The van der Waals surface area contributed by atoms with E-state index in [1.165, 1.54) is 6.33 Å². The third-order valence-corrected chi connectivity index (χ3v) is 5.15. The average molecular weight is 470 g/mol. The lowest BCUT2D eigenvalue weighted by Gasteiger charge is -2.37. The third kappa shape index (κ3) is 7.33. The predicted molar refractivity (Wildman–Crippen MR) is 130 cm³/mol. The van der Waals surface area contributed by atoms with Crippen molar-refractivity contribution in [2.45, 2.75) is 46.3 Å². The smallest absolute Gasteiger partial charge is 0.408 e. The molecule has 0 unspecified atom stereocenters. The van der Waals surface area contributed by atoms with Gasteiger partial charge in [0.2, 0.25) is 11.8 Å². The molecule has 1 fully saturated rings. The van der Waals surface area contributed by atoms with Gasteiger partial charge in [0.1, 0.15) is 23.8 Å². The summed E-state index contributed by atoms with van der Waals surface area (Å²) in [5, 5.41) is 2.76. The van der Waals surface area contributed by atoms with Crippen LogP contribution >= 0.6 is 0 Å². The molecule has 0 saturated carbocycles. The van der Waals surface area contributed by atoms with Crippen molar-refractivity contribution in [2.24, 2.45) is 5.92 Å². The van der Waals surface area contributed by atoms with Crippen LogP contribution in [0.25, 0.3) is 0 Å². The molecule has 0 aliphatic carbocycles. The van der Waals surface area contributed by atoms with Crippen LogP contribution in [0, 0.1) is 5.92 Å². The summed E-state index contributed by atoms with van der Waals surface area (Å²) in [7, 11) is 0. The monoisotopic (exact) mass is 469 g/mol. The van der Waals surface area contributed by atoms with Crippen molar-refractivity contribution in [1.82, 2.24) is 20.2 Å². The number of aromatic nitrogens is 2. The summed E-state index contributed by atoms with van der Waals surface area (Å²) < 4.78 is 11.1. The molecule has 0 radical (unpaired) electrons. The Morgan fingerprint density at radius 2 is 1.74 bits per heavy atom. The molecule has 2 aromatic rings. The van der Waals surface area contributed by atoms with Gasteiger partial charge >= 0.3 is 6.09 Å². The summed E-state index contributed by atoms with van der Waals surface area (Å²) in [6.45, 7) is 12.4. The Labute approximate surface area is 201 Å². The molecule has 1 aliphatic rings. The molecule has 34 heavy (non-hydrogen) atoms. The lowest BCUT2D eigenvalue weighted by Crippen LogP contribution is -2.52. The maximum atomic E-state index is 13.4. The van der Waals surface area contributed by atoms with Gasteiger partial charge in [0.25, 0.3) is 0 Å². The molecule has 184 valence electrons. The number of rotatable bonds is 7. The van der Waals surface area contributed by atoms with Crippen LogP contribution in [-0.2, 0) is 9.53 Å². The number of piperazine rings is 1. The molecule has 1 atom stereocenters. The average Bonchev–Trinajstić information content (AvgIpc) is 2.80. The second-order valence-corrected chi connectivity index (χ2v) is 9.72. The molecule has 2 heterocycles. The van der Waals surface area contributed by atoms with Crippen LogP contribution < -0.4 is 15.0 Å². The minimum atomic E-state index is -0.822. The van der Waals surface area contributed by atoms with Gasteiger partial charge in [-0.1, -0.05) is 44.2 Å². The van der Waals surface area contributed by atoms with Crippen LogP contribution in [0.5, 0.6) is 5.88 Å². The fraction of sp³-hybridized carbons (Fsp3) is 0.520. The van der Waals surface area contributed by atoms with E-state index in [2.05, 4.69) is 34.0 Å². The van der Waals surface area contributed by atoms with Gasteiger partial charge in [-0.2, -0.15) is 0 Å². The molecular formula is C25H35N5O4. The summed E-state index contributed by atoms with van der Waals surface area (Å²) in [5.41, 5.74) is 0.0541. The summed E-state index contributed by atoms with van der Waals surface area (Å²) in [6.07, 6.45) is 0.877. The van der Waals surface area contributed by atoms with Crippen LogP contribution in [0.15, 0.2) is 42.7 Å². The van der Waals surface area contributed by atoms with Gasteiger partial charge in [-0.3, -0.25) is 4.79 Å². The predicted octanol–water partition coefficient (Wildman–Crippen LogP) is 3.43. The van der Waals surface area contributed by atoms with Crippen molar-refractivity contribution >= 4 is 17.8 Å². The summed E-state index contributed by atoms with van der Waals surface area (Å²) in [5.74, 6) is 1.55. The van der Waals surface area contributed by atoms with Crippen molar-refractivity contribution in [3.05, 3.63) is 48.3 Å². The van der Waals surface area contributed by atoms with Gasteiger partial charge in [0.05, 0.1) is 6.61 Å². The van der Waals surface area contributed by atoms with Crippen molar-refractivity contribution < 1.29 is 19.1 Å². The molecule has 2 amide bonds. The van der Waals surface area contributed by atoms with E-state index in [-0.39, 0.29) is 5.91 Å². The molecule has 9 nitrogen and oxygen atoms in total. The third-order valence-electron chi connectivity index (χ3n) is 5.15. The number of benzene rings is 1. The van der Waals surface area contributed by atoms with Crippen molar-refractivity contribution in [3.63, 3.8) is 0 Å². The Kier molecular flexibility index (Phi) is 8.31. The molecule has 1 N–H and O–H groups in total. The van der Waals surface area contributed by atoms with Crippen LogP contribution in [0.2, 0.25) is 0 Å². The molecular weight excluding hydrogens is 434 g/mol. The number of nitrogens with zero attached hydrogens (tertiary/aromatic N) is 4. The van der Waals surface area contributed by atoms with E-state index in [1.807, 2.05) is 36.4 Å². The molecule has 1 saturated heterocycles. The Morgan fingerprint density at radius 1 is 1.06 bits per heavy atom. The minimum absolute atomic E-state index is 0.166. The largest absolute Gasteiger partial charge is 0.477 e. The Balaban J connectivity index is 1.66. The maximum absolute atomic E-state index is 13.4. The Bertz CT molecular complexity index is 953. The zero-order chi connectivity index (χ0) is 24.7. The standard InChI is InChI=1S/C25H35N5O4/c1-18(2)16-33-21-15-20(26-17-27-21)29-11-13-30(14-12-29)23(31)22(19-9-7-6-8-10-19)28-24(32)34-25(3,4)5/h6-10,15,17-18,22H,11-14,16H2,1-5H3,(H,28,32)/t22-/m1/s1. The highest BCUT2D eigenvalue weighted by Crippen LogP contribution is 2.21. The van der Waals surface area contributed by atoms with Gasteiger partial charge < -0.3 is 24.6 Å². The Morgan fingerprint density at radius 3 is 2.35 bits per heavy atom. The normalized spacial score (nSPS) is 15.1. The minimum Gasteiger partial charge on any atom is -0.477 e. The summed E-state index contributed by atoms with van der Waals surface area (Å²) >= 11 is 0. The fourth-order valence-electron chi connectivity index (χ4n) is 3.53. The van der Waals surface area contributed by atoms with E-state index in [1.54, 1.807) is 25.7 Å². The first kappa shape index (κ1) is 25.3. The second kappa shape index (κ2) is 11.2. The SMILES string of the molecule is CC(C)COc1cc(N2CCN(C(=O)[C@H](NC(=O)OC(C)(C)C)c3ccccc3)CC2)ncn1. The lowest BCUT2D eigenvalue weighted by atomic mass is 10.1. The van der Waals surface area contributed by atoms with Gasteiger partial charge in [0.15, 0.2) is 0 Å². The fourth-order valence-corrected chi connectivity index (χ4v) is 3.53. The van der Waals surface area contributed by atoms with Gasteiger partial charge in [-0.25, -0.2) is 14.8 Å². The Hall–Kier alpha value is -3.36. The highest BCUT2D eigenvalue weighted by molar-refractivity contribution is 5.87. The van der Waals surface area contributed by atoms with Crippen LogP contribution in [0.4, 0.5) is 10.6 Å². The second-order valence-electron chi connectivity index (χ2n) is 9.72. The number of carbonyl (C=O) groups is 2. The van der Waals surface area contributed by atoms with Crippen LogP contribution in [0.1, 0.15) is 46.2 Å². The molecule has 0 spiro atoms. The van der Waals surface area contributed by atoms with E-state index in [9.17, 15) is 9.59 Å². The number of nitrogens with one attached hydrogen (secondary N) is 1. The van der Waals surface area contributed by atoms with E-state index in [0.717, 1.165) is 5.82 Å². The van der Waals surface area contributed by atoms with E-state index >= 15 is 0 Å². The zero-order valence-electron chi connectivity index (χ0n) is 20.7. The number of amides is 2. The number of ether oxygens (including phenoxy) is 2. The van der Waals surface area contributed by atoms with Gasteiger partial charge in [-0.15, -0.1) is 0 Å². The van der Waals surface area contributed by atoms with Gasteiger partial charge in [0, 0.05) is 32.2 Å². The topological polar surface area (TPSA) is 96.9 Å². The highest BCUT2D eigenvalue weighted by Gasteiger charge is 2.31. The van der Waals surface area contributed by atoms with Crippen molar-refractivity contribution in [2.75, 3.05) is 37.7 Å². The molecule has 9 heteroatoms. The highest BCUT2D eigenvalue weighted by atomic mass is 16.6. The zero-order valence-corrected chi connectivity index (χ0v) is 20.7. The first-order chi connectivity index (χ1) is 16.1. The van der Waals surface area contributed by atoms with Crippen LogP contribution in [0.3, 0.4) is 0 Å².